The Kier molecular flexibility index (Phi) is 5.17. The molecule has 4 aromatic rings. The van der Waals surface area contributed by atoms with Crippen LogP contribution in [-0.4, -0.2) is 41.1 Å². The van der Waals surface area contributed by atoms with Crippen LogP contribution in [0.2, 0.25) is 0 Å². The fourth-order valence-corrected chi connectivity index (χ4v) is 5.85. The van der Waals surface area contributed by atoms with Gasteiger partial charge in [0.25, 0.3) is 0 Å². The summed E-state index contributed by atoms with van der Waals surface area (Å²) in [7, 11) is 0. The number of nitrogens with zero attached hydrogens (tertiary/aromatic N) is 4. The summed E-state index contributed by atoms with van der Waals surface area (Å²) in [6.45, 7) is 3.88. The summed E-state index contributed by atoms with van der Waals surface area (Å²) in [4.78, 5) is 2.29. The van der Waals surface area contributed by atoms with E-state index in [1.165, 1.54) is 27.8 Å². The van der Waals surface area contributed by atoms with E-state index in [-0.39, 0.29) is 5.25 Å². The summed E-state index contributed by atoms with van der Waals surface area (Å²) in [6.07, 6.45) is 0. The van der Waals surface area contributed by atoms with Crippen molar-refractivity contribution in [3.8, 4) is 11.1 Å². The molecule has 3 aromatic carbocycles. The maximum absolute atomic E-state index is 5.57. The van der Waals surface area contributed by atoms with Crippen molar-refractivity contribution in [1.82, 2.24) is 14.8 Å². The van der Waals surface area contributed by atoms with Gasteiger partial charge in [0.15, 0.2) is 5.16 Å². The molecule has 0 bridgehead atoms. The van der Waals surface area contributed by atoms with E-state index in [4.69, 9.17) is 9.84 Å². The van der Waals surface area contributed by atoms with Gasteiger partial charge in [0.2, 0.25) is 5.95 Å². The monoisotopic (exact) mass is 440 g/mol. The number of hydrogen-bond donors (Lipinski definition) is 0. The summed E-state index contributed by atoms with van der Waals surface area (Å²) in [5.41, 5.74) is 6.59. The van der Waals surface area contributed by atoms with Crippen LogP contribution in [0.4, 0.5) is 5.95 Å². The highest BCUT2D eigenvalue weighted by Crippen LogP contribution is 2.52. The van der Waals surface area contributed by atoms with Crippen molar-refractivity contribution < 1.29 is 4.74 Å². The van der Waals surface area contributed by atoms with Crippen LogP contribution in [0.15, 0.2) is 84.0 Å². The summed E-state index contributed by atoms with van der Waals surface area (Å²) >= 11 is 1.80. The molecule has 5 nitrogen and oxygen atoms in total. The molecule has 0 saturated carbocycles. The van der Waals surface area contributed by atoms with Gasteiger partial charge < -0.3 is 9.64 Å². The fourth-order valence-electron chi connectivity index (χ4n) is 4.61. The first-order chi connectivity index (χ1) is 15.9. The fraction of sp³-hybridized carbons (Fsp3) is 0.231. The van der Waals surface area contributed by atoms with E-state index in [1.54, 1.807) is 11.8 Å². The number of thioether (sulfide) groups is 1. The lowest BCUT2D eigenvalue weighted by atomic mass is 10.1. The highest BCUT2D eigenvalue weighted by atomic mass is 32.2. The Labute approximate surface area is 192 Å². The lowest BCUT2D eigenvalue weighted by Gasteiger charge is -2.28. The summed E-state index contributed by atoms with van der Waals surface area (Å²) in [6, 6.07) is 28.0. The molecule has 6 heteroatoms. The van der Waals surface area contributed by atoms with Crippen molar-refractivity contribution in [2.45, 2.75) is 17.0 Å². The van der Waals surface area contributed by atoms with Crippen LogP contribution in [-0.2, 0) is 11.3 Å². The zero-order chi connectivity index (χ0) is 21.3. The third kappa shape index (κ3) is 3.49. The van der Waals surface area contributed by atoms with Gasteiger partial charge in [-0.15, -0.1) is 10.2 Å². The van der Waals surface area contributed by atoms with Gasteiger partial charge in [-0.25, -0.2) is 0 Å². The number of hydrogen-bond acceptors (Lipinski definition) is 5. The normalized spacial score (nSPS) is 15.6. The molecule has 0 unspecified atom stereocenters. The Morgan fingerprint density at radius 3 is 2.09 bits per heavy atom. The Hall–Kier alpha value is -3.09. The zero-order valence-corrected chi connectivity index (χ0v) is 18.5. The molecule has 0 spiro atoms. The number of fused-ring (bicyclic) bond motifs is 3. The molecular weight excluding hydrogens is 416 g/mol. The Morgan fingerprint density at radius 1 is 0.781 bits per heavy atom. The second kappa shape index (κ2) is 8.45. The molecule has 0 amide bonds. The van der Waals surface area contributed by atoms with Crippen LogP contribution in [0.25, 0.3) is 11.1 Å². The first-order valence-corrected chi connectivity index (χ1v) is 11.9. The Bertz CT molecular complexity index is 1190. The van der Waals surface area contributed by atoms with Gasteiger partial charge in [0, 0.05) is 13.1 Å². The number of benzene rings is 3. The summed E-state index contributed by atoms with van der Waals surface area (Å²) < 4.78 is 7.84. The van der Waals surface area contributed by atoms with Crippen molar-refractivity contribution in [3.63, 3.8) is 0 Å². The number of rotatable bonds is 5. The van der Waals surface area contributed by atoms with Crippen LogP contribution in [0.1, 0.15) is 21.9 Å². The van der Waals surface area contributed by atoms with Crippen molar-refractivity contribution in [2.75, 3.05) is 31.2 Å². The molecule has 1 fully saturated rings. The van der Waals surface area contributed by atoms with Crippen LogP contribution in [0.5, 0.6) is 0 Å². The Morgan fingerprint density at radius 2 is 1.41 bits per heavy atom. The van der Waals surface area contributed by atoms with Gasteiger partial charge in [-0.05, 0) is 27.8 Å². The van der Waals surface area contributed by atoms with Crippen LogP contribution >= 0.6 is 11.8 Å². The average molecular weight is 441 g/mol. The van der Waals surface area contributed by atoms with Crippen LogP contribution in [0.3, 0.4) is 0 Å². The topological polar surface area (TPSA) is 43.2 Å². The minimum atomic E-state index is 0.207. The minimum Gasteiger partial charge on any atom is -0.378 e. The Balaban J connectivity index is 1.40. The highest BCUT2D eigenvalue weighted by molar-refractivity contribution is 7.99. The maximum atomic E-state index is 5.57. The molecule has 2 heterocycles. The highest BCUT2D eigenvalue weighted by Gasteiger charge is 2.31. The minimum absolute atomic E-state index is 0.207. The smallest absolute Gasteiger partial charge is 0.228 e. The molecule has 1 aromatic heterocycles. The standard InChI is InChI=1S/C26H24N4OS/c1-2-8-19(9-3-1)18-30-25(29-14-16-31-17-15-29)27-28-26(30)32-24-22-12-6-4-10-20(22)21-11-5-7-13-23(21)24/h1-13,24H,14-18H2. The molecule has 0 atom stereocenters. The molecule has 1 aliphatic carbocycles. The number of morpholine rings is 1. The summed E-state index contributed by atoms with van der Waals surface area (Å²) in [5, 5.41) is 10.5. The van der Waals surface area contributed by atoms with E-state index in [0.717, 1.165) is 44.0 Å². The zero-order valence-electron chi connectivity index (χ0n) is 17.7. The average Bonchev–Trinajstić information content (AvgIpc) is 3.40. The van der Waals surface area contributed by atoms with Gasteiger partial charge in [0.05, 0.1) is 25.0 Å². The van der Waals surface area contributed by atoms with Gasteiger partial charge in [-0.3, -0.25) is 4.57 Å². The number of aromatic nitrogens is 3. The molecule has 1 aliphatic heterocycles. The lowest BCUT2D eigenvalue weighted by Crippen LogP contribution is -2.38. The third-order valence-corrected chi connectivity index (χ3v) is 7.43. The van der Waals surface area contributed by atoms with E-state index in [9.17, 15) is 0 Å². The first kappa shape index (κ1) is 19.6. The molecule has 0 radical (unpaired) electrons. The first-order valence-electron chi connectivity index (χ1n) is 11.0. The predicted molar refractivity (Wildman–Crippen MR) is 128 cm³/mol. The molecule has 0 N–H and O–H groups in total. The number of anilines is 1. The quantitative estimate of drug-likeness (QED) is 0.436. The van der Waals surface area contributed by atoms with Crippen molar-refractivity contribution in [1.29, 1.82) is 0 Å². The largest absolute Gasteiger partial charge is 0.378 e. The molecule has 160 valence electrons. The maximum Gasteiger partial charge on any atom is 0.228 e. The predicted octanol–water partition coefficient (Wildman–Crippen LogP) is 5.03. The van der Waals surface area contributed by atoms with E-state index >= 15 is 0 Å². The van der Waals surface area contributed by atoms with E-state index in [1.807, 2.05) is 0 Å². The molecule has 1 saturated heterocycles. The third-order valence-electron chi connectivity index (χ3n) is 6.17. The van der Waals surface area contributed by atoms with E-state index in [0.29, 0.717) is 0 Å². The van der Waals surface area contributed by atoms with Gasteiger partial charge >= 0.3 is 0 Å². The van der Waals surface area contributed by atoms with Crippen LogP contribution in [0, 0.1) is 0 Å². The van der Waals surface area contributed by atoms with Gasteiger partial charge in [0.1, 0.15) is 0 Å². The van der Waals surface area contributed by atoms with Crippen molar-refractivity contribution >= 4 is 17.7 Å². The molecule has 6 rings (SSSR count). The van der Waals surface area contributed by atoms with Crippen LogP contribution < -0.4 is 4.90 Å². The van der Waals surface area contributed by atoms with E-state index < -0.39 is 0 Å². The number of ether oxygens (including phenoxy) is 1. The SMILES string of the molecule is c1ccc(Cn2c(SC3c4ccccc4-c4ccccc43)nnc2N2CCOCC2)cc1. The molecular formula is C26H24N4OS. The van der Waals surface area contributed by atoms with E-state index in [2.05, 4.69) is 93.4 Å². The lowest BCUT2D eigenvalue weighted by molar-refractivity contribution is 0.121. The van der Waals surface area contributed by atoms with Gasteiger partial charge in [-0.2, -0.15) is 0 Å². The second-order valence-corrected chi connectivity index (χ2v) is 9.20. The molecule has 2 aliphatic rings. The summed E-state index contributed by atoms with van der Waals surface area (Å²) in [5.74, 6) is 0.930. The van der Waals surface area contributed by atoms with Crippen molar-refractivity contribution in [2.24, 2.45) is 0 Å². The van der Waals surface area contributed by atoms with Gasteiger partial charge in [-0.1, -0.05) is 90.6 Å². The molecule has 32 heavy (non-hydrogen) atoms. The second-order valence-electron chi connectivity index (χ2n) is 8.13. The van der Waals surface area contributed by atoms with Crippen molar-refractivity contribution in [3.05, 3.63) is 95.6 Å².